The van der Waals surface area contributed by atoms with Gasteiger partial charge in [-0.1, -0.05) is 6.07 Å². The molecular formula is C11H10F7NO. The van der Waals surface area contributed by atoms with Crippen LogP contribution in [0.1, 0.15) is 23.7 Å². The van der Waals surface area contributed by atoms with Crippen LogP contribution >= 0.6 is 0 Å². The van der Waals surface area contributed by atoms with E-state index in [1.165, 1.54) is 0 Å². The van der Waals surface area contributed by atoms with Crippen LogP contribution < -0.4 is 5.73 Å². The van der Waals surface area contributed by atoms with Gasteiger partial charge in [0.25, 0.3) is 0 Å². The molecule has 0 amide bonds. The van der Waals surface area contributed by atoms with Gasteiger partial charge < -0.3 is 10.8 Å². The Bertz CT molecular complexity index is 469. The summed E-state index contributed by atoms with van der Waals surface area (Å²) in [5, 5.41) is 9.47. The van der Waals surface area contributed by atoms with Crippen molar-refractivity contribution >= 4 is 0 Å². The van der Waals surface area contributed by atoms with Crippen LogP contribution in [0.4, 0.5) is 30.7 Å². The van der Waals surface area contributed by atoms with Gasteiger partial charge in [-0.05, 0) is 17.7 Å². The summed E-state index contributed by atoms with van der Waals surface area (Å²) in [6.07, 6.45) is -12.7. The molecular weight excluding hydrogens is 295 g/mol. The highest BCUT2D eigenvalue weighted by Gasteiger charge is 2.39. The Hall–Kier alpha value is -1.35. The van der Waals surface area contributed by atoms with Gasteiger partial charge in [0.05, 0.1) is 11.7 Å². The number of aliphatic hydroxyl groups is 1. The average molecular weight is 305 g/mol. The molecule has 0 bridgehead atoms. The first-order valence-electron chi connectivity index (χ1n) is 5.30. The minimum Gasteiger partial charge on any atom is -0.388 e. The predicted molar refractivity (Wildman–Crippen MR) is 55.0 cm³/mol. The van der Waals surface area contributed by atoms with Gasteiger partial charge in [0.15, 0.2) is 0 Å². The number of halogens is 7. The van der Waals surface area contributed by atoms with Crippen molar-refractivity contribution in [2.45, 2.75) is 30.9 Å². The zero-order valence-corrected chi connectivity index (χ0v) is 9.76. The Morgan fingerprint density at radius 3 is 2.10 bits per heavy atom. The van der Waals surface area contributed by atoms with Crippen LogP contribution in [0.15, 0.2) is 18.2 Å². The van der Waals surface area contributed by atoms with Crippen molar-refractivity contribution in [3.05, 3.63) is 35.1 Å². The minimum absolute atomic E-state index is 0.267. The fraction of sp³-hybridized carbons (Fsp3) is 0.455. The molecule has 3 N–H and O–H groups in total. The van der Waals surface area contributed by atoms with Gasteiger partial charge >= 0.3 is 12.4 Å². The van der Waals surface area contributed by atoms with Gasteiger partial charge in [0.2, 0.25) is 0 Å². The molecule has 0 aliphatic rings. The summed E-state index contributed by atoms with van der Waals surface area (Å²) in [4.78, 5) is 0. The molecule has 2 atom stereocenters. The number of rotatable bonds is 3. The Morgan fingerprint density at radius 1 is 1.10 bits per heavy atom. The second-order valence-corrected chi connectivity index (χ2v) is 4.14. The molecule has 1 aromatic rings. The third kappa shape index (κ3) is 4.07. The highest BCUT2D eigenvalue weighted by Crippen LogP contribution is 2.34. The summed E-state index contributed by atoms with van der Waals surface area (Å²) >= 11 is 0. The lowest BCUT2D eigenvalue weighted by molar-refractivity contribution is -0.154. The van der Waals surface area contributed by atoms with Gasteiger partial charge in [0.1, 0.15) is 11.9 Å². The summed E-state index contributed by atoms with van der Waals surface area (Å²) in [6.45, 7) is 0. The van der Waals surface area contributed by atoms with Crippen molar-refractivity contribution in [3.8, 4) is 0 Å². The third-order valence-electron chi connectivity index (χ3n) is 2.58. The van der Waals surface area contributed by atoms with Crippen LogP contribution in [0.3, 0.4) is 0 Å². The van der Waals surface area contributed by atoms with Crippen molar-refractivity contribution in [2.24, 2.45) is 5.73 Å². The van der Waals surface area contributed by atoms with Gasteiger partial charge in [-0.15, -0.1) is 0 Å². The molecule has 0 saturated heterocycles. The summed E-state index contributed by atoms with van der Waals surface area (Å²) < 4.78 is 86.8. The molecule has 114 valence electrons. The Morgan fingerprint density at radius 2 is 1.65 bits per heavy atom. The molecule has 0 fully saturated rings. The van der Waals surface area contributed by atoms with Crippen LogP contribution in [-0.2, 0) is 6.18 Å². The van der Waals surface area contributed by atoms with E-state index in [2.05, 4.69) is 0 Å². The monoisotopic (exact) mass is 305 g/mol. The van der Waals surface area contributed by atoms with Gasteiger partial charge in [-0.2, -0.15) is 26.3 Å². The van der Waals surface area contributed by atoms with Crippen LogP contribution in [0, 0.1) is 5.82 Å². The van der Waals surface area contributed by atoms with Crippen LogP contribution in [0.5, 0.6) is 0 Å². The zero-order chi connectivity index (χ0) is 15.7. The lowest BCUT2D eigenvalue weighted by Gasteiger charge is -2.20. The van der Waals surface area contributed by atoms with E-state index in [0.29, 0.717) is 6.07 Å². The van der Waals surface area contributed by atoms with Gasteiger partial charge in [-0.3, -0.25) is 0 Å². The molecule has 0 saturated carbocycles. The number of nitrogens with two attached hydrogens (primary N) is 1. The summed E-state index contributed by atoms with van der Waals surface area (Å²) in [6, 6.07) is -0.918. The Balaban J connectivity index is 2.98. The van der Waals surface area contributed by atoms with Gasteiger partial charge in [-0.25, -0.2) is 4.39 Å². The van der Waals surface area contributed by atoms with Crippen molar-refractivity contribution in [3.63, 3.8) is 0 Å². The zero-order valence-electron chi connectivity index (χ0n) is 9.76. The standard InChI is InChI=1S/C11H10F7NO/c12-7-2-1-5(3-6(7)10(13,14)15)8(20)4-9(19)11(16,17)18/h1-3,8-9,20H,4,19H2/t8-,9-/m1/s1. The highest BCUT2D eigenvalue weighted by atomic mass is 19.4. The van der Waals surface area contributed by atoms with Crippen LogP contribution in [-0.4, -0.2) is 17.3 Å². The van der Waals surface area contributed by atoms with E-state index in [1.807, 2.05) is 0 Å². The first-order chi connectivity index (χ1) is 8.93. The normalized spacial score (nSPS) is 16.1. The fourth-order valence-corrected chi connectivity index (χ4v) is 1.48. The van der Waals surface area contributed by atoms with Crippen molar-refractivity contribution in [1.82, 2.24) is 0 Å². The van der Waals surface area contributed by atoms with E-state index in [0.717, 1.165) is 6.07 Å². The number of alkyl halides is 6. The Kier molecular flexibility index (Phi) is 4.65. The second kappa shape index (κ2) is 5.57. The maximum absolute atomic E-state index is 13.0. The molecule has 0 aliphatic carbocycles. The maximum atomic E-state index is 13.0. The Labute approximate surface area is 109 Å². The quantitative estimate of drug-likeness (QED) is 0.843. The maximum Gasteiger partial charge on any atom is 0.419 e. The number of hydrogen-bond donors (Lipinski definition) is 2. The second-order valence-electron chi connectivity index (χ2n) is 4.14. The molecule has 0 heterocycles. The molecule has 0 unspecified atom stereocenters. The smallest absolute Gasteiger partial charge is 0.388 e. The number of hydrogen-bond acceptors (Lipinski definition) is 2. The topological polar surface area (TPSA) is 46.2 Å². The summed E-state index contributed by atoms with van der Waals surface area (Å²) in [5.41, 5.74) is 2.62. The molecule has 0 radical (unpaired) electrons. The summed E-state index contributed by atoms with van der Waals surface area (Å²) in [5.74, 6) is -1.58. The van der Waals surface area contributed by atoms with Crippen LogP contribution in [0.25, 0.3) is 0 Å². The average Bonchev–Trinajstić information content (AvgIpc) is 2.26. The molecule has 0 aliphatic heterocycles. The molecule has 0 spiro atoms. The van der Waals surface area contributed by atoms with E-state index >= 15 is 0 Å². The van der Waals surface area contributed by atoms with Gasteiger partial charge in [0, 0.05) is 6.42 Å². The molecule has 0 aromatic heterocycles. The highest BCUT2D eigenvalue weighted by molar-refractivity contribution is 5.28. The van der Waals surface area contributed by atoms with Crippen molar-refractivity contribution in [2.75, 3.05) is 0 Å². The number of aliphatic hydroxyl groups excluding tert-OH is 1. The first kappa shape index (κ1) is 16.7. The molecule has 9 heteroatoms. The molecule has 20 heavy (non-hydrogen) atoms. The summed E-state index contributed by atoms with van der Waals surface area (Å²) in [7, 11) is 0. The van der Waals surface area contributed by atoms with E-state index < -0.39 is 47.9 Å². The first-order valence-corrected chi connectivity index (χ1v) is 5.30. The van der Waals surface area contributed by atoms with Crippen molar-refractivity contribution < 1.29 is 35.8 Å². The predicted octanol–water partition coefficient (Wildman–Crippen LogP) is 3.16. The van der Waals surface area contributed by atoms with Crippen molar-refractivity contribution in [1.29, 1.82) is 0 Å². The lowest BCUT2D eigenvalue weighted by Crippen LogP contribution is -2.38. The molecule has 1 rings (SSSR count). The molecule has 1 aromatic carbocycles. The fourth-order valence-electron chi connectivity index (χ4n) is 1.48. The SMILES string of the molecule is N[C@H](C[C@@H](O)c1ccc(F)c(C(F)(F)F)c1)C(F)(F)F. The minimum atomic E-state index is -5.01. The molecule has 2 nitrogen and oxygen atoms in total. The van der Waals surface area contributed by atoms with E-state index in [1.54, 1.807) is 0 Å². The lowest BCUT2D eigenvalue weighted by atomic mass is 10.00. The third-order valence-corrected chi connectivity index (χ3v) is 2.58. The van der Waals surface area contributed by atoms with Crippen LogP contribution in [0.2, 0.25) is 0 Å². The largest absolute Gasteiger partial charge is 0.419 e. The van der Waals surface area contributed by atoms with E-state index in [4.69, 9.17) is 5.73 Å². The van der Waals surface area contributed by atoms with E-state index in [-0.39, 0.29) is 6.07 Å². The van der Waals surface area contributed by atoms with E-state index in [9.17, 15) is 35.8 Å². The number of benzene rings is 1.